The number of benzene rings is 1. The van der Waals surface area contributed by atoms with E-state index in [9.17, 15) is 13.5 Å². The van der Waals surface area contributed by atoms with Gasteiger partial charge in [-0.3, -0.25) is 0 Å². The summed E-state index contributed by atoms with van der Waals surface area (Å²) in [6.45, 7) is 1.10. The van der Waals surface area contributed by atoms with E-state index in [1.807, 2.05) is 4.90 Å². The number of rotatable bonds is 2. The quantitative estimate of drug-likeness (QED) is 0.759. The number of nitrogens with two attached hydrogens (primary N) is 1. The van der Waals surface area contributed by atoms with E-state index in [1.54, 1.807) is 18.2 Å². The number of hydrogen-bond acceptors (Lipinski definition) is 4. The van der Waals surface area contributed by atoms with Crippen LogP contribution in [0.3, 0.4) is 0 Å². The minimum Gasteiger partial charge on any atom is -0.391 e. The molecule has 0 aliphatic carbocycles. The Balaban J connectivity index is 2.41. The molecular weight excluding hydrogens is 228 g/mol. The van der Waals surface area contributed by atoms with Crippen LogP contribution in [-0.4, -0.2) is 32.7 Å². The van der Waals surface area contributed by atoms with Crippen LogP contribution in [0, 0.1) is 0 Å². The molecule has 2 rings (SSSR count). The molecule has 0 radical (unpaired) electrons. The third-order valence-corrected chi connectivity index (χ3v) is 3.63. The summed E-state index contributed by atoms with van der Waals surface area (Å²) in [5.41, 5.74) is 0.571. The molecule has 0 amide bonds. The lowest BCUT2D eigenvalue weighted by Gasteiger charge is -2.20. The summed E-state index contributed by atoms with van der Waals surface area (Å²) in [6, 6.07) is 6.58. The van der Waals surface area contributed by atoms with Crippen LogP contribution in [0.15, 0.2) is 29.2 Å². The van der Waals surface area contributed by atoms with Gasteiger partial charge in [-0.1, -0.05) is 12.1 Å². The normalized spacial score (nSPS) is 21.4. The molecule has 16 heavy (non-hydrogen) atoms. The summed E-state index contributed by atoms with van der Waals surface area (Å²) in [4.78, 5) is 1.95. The second-order valence-electron chi connectivity index (χ2n) is 3.90. The molecule has 5 nitrogen and oxygen atoms in total. The van der Waals surface area contributed by atoms with Crippen LogP contribution >= 0.6 is 0 Å². The summed E-state index contributed by atoms with van der Waals surface area (Å²) in [7, 11) is -3.71. The van der Waals surface area contributed by atoms with E-state index >= 15 is 0 Å². The van der Waals surface area contributed by atoms with Crippen molar-refractivity contribution in [2.75, 3.05) is 18.0 Å². The van der Waals surface area contributed by atoms with E-state index in [0.29, 0.717) is 25.2 Å². The van der Waals surface area contributed by atoms with Crippen LogP contribution in [0.4, 0.5) is 5.69 Å². The first-order valence-electron chi connectivity index (χ1n) is 5.03. The molecule has 1 fully saturated rings. The van der Waals surface area contributed by atoms with Gasteiger partial charge in [-0.15, -0.1) is 0 Å². The van der Waals surface area contributed by atoms with Gasteiger partial charge in [0, 0.05) is 13.1 Å². The zero-order valence-corrected chi connectivity index (χ0v) is 9.52. The zero-order valence-electron chi connectivity index (χ0n) is 8.70. The summed E-state index contributed by atoms with van der Waals surface area (Å²) in [5, 5.41) is 14.6. The van der Waals surface area contributed by atoms with E-state index in [2.05, 4.69) is 0 Å². The van der Waals surface area contributed by atoms with Crippen molar-refractivity contribution >= 4 is 15.7 Å². The third-order valence-electron chi connectivity index (χ3n) is 2.68. The van der Waals surface area contributed by atoms with Crippen LogP contribution in [0.2, 0.25) is 0 Å². The van der Waals surface area contributed by atoms with Gasteiger partial charge < -0.3 is 10.0 Å². The van der Waals surface area contributed by atoms with Crippen LogP contribution in [0.1, 0.15) is 6.42 Å². The van der Waals surface area contributed by atoms with Gasteiger partial charge in [0.1, 0.15) is 4.90 Å². The molecule has 0 bridgehead atoms. The smallest absolute Gasteiger partial charge is 0.240 e. The maximum atomic E-state index is 11.4. The van der Waals surface area contributed by atoms with Gasteiger partial charge in [-0.05, 0) is 18.6 Å². The zero-order chi connectivity index (χ0) is 11.8. The minimum absolute atomic E-state index is 0.115. The second-order valence-corrected chi connectivity index (χ2v) is 5.43. The lowest BCUT2D eigenvalue weighted by atomic mass is 10.3. The van der Waals surface area contributed by atoms with Crippen molar-refractivity contribution < 1.29 is 13.5 Å². The van der Waals surface area contributed by atoms with Crippen LogP contribution < -0.4 is 10.0 Å². The first-order chi connectivity index (χ1) is 7.48. The van der Waals surface area contributed by atoms with Crippen molar-refractivity contribution in [3.05, 3.63) is 24.3 Å². The molecule has 88 valence electrons. The molecule has 1 aliphatic heterocycles. The second kappa shape index (κ2) is 4.04. The maximum Gasteiger partial charge on any atom is 0.240 e. The molecule has 1 heterocycles. The predicted octanol–water partition coefficient (Wildman–Crippen LogP) is -0.0950. The third kappa shape index (κ3) is 2.18. The van der Waals surface area contributed by atoms with E-state index in [0.717, 1.165) is 0 Å². The fourth-order valence-electron chi connectivity index (χ4n) is 1.92. The van der Waals surface area contributed by atoms with Gasteiger partial charge in [0.05, 0.1) is 11.8 Å². The molecule has 3 N–H and O–H groups in total. The first-order valence-corrected chi connectivity index (χ1v) is 6.58. The van der Waals surface area contributed by atoms with Gasteiger partial charge in [-0.2, -0.15) is 0 Å². The average Bonchev–Trinajstić information content (AvgIpc) is 2.64. The topological polar surface area (TPSA) is 83.6 Å². The van der Waals surface area contributed by atoms with Crippen molar-refractivity contribution in [2.24, 2.45) is 5.14 Å². The number of aliphatic hydroxyl groups is 1. The number of β-amino-alcohol motifs (C(OH)–C–C–N with tert-alkyl or cyclic N) is 1. The summed E-state index contributed by atoms with van der Waals surface area (Å²) in [5.74, 6) is 0. The summed E-state index contributed by atoms with van der Waals surface area (Å²) >= 11 is 0. The van der Waals surface area contributed by atoms with Crippen molar-refractivity contribution in [3.8, 4) is 0 Å². The van der Waals surface area contributed by atoms with E-state index in [4.69, 9.17) is 5.14 Å². The number of para-hydroxylation sites is 1. The first kappa shape index (κ1) is 11.4. The maximum absolute atomic E-state index is 11.4. The van der Waals surface area contributed by atoms with Gasteiger partial charge in [-0.25, -0.2) is 13.6 Å². The molecule has 6 heteroatoms. The fourth-order valence-corrected chi connectivity index (χ4v) is 2.68. The van der Waals surface area contributed by atoms with Crippen molar-refractivity contribution in [2.45, 2.75) is 17.4 Å². The number of hydrogen-bond donors (Lipinski definition) is 2. The Kier molecular flexibility index (Phi) is 2.88. The summed E-state index contributed by atoms with van der Waals surface area (Å²) < 4.78 is 22.8. The molecule has 1 saturated heterocycles. The van der Waals surface area contributed by atoms with E-state index in [1.165, 1.54) is 6.07 Å². The molecule has 1 aromatic rings. The predicted molar refractivity (Wildman–Crippen MR) is 60.7 cm³/mol. The van der Waals surface area contributed by atoms with E-state index < -0.39 is 16.1 Å². The molecule has 1 aromatic carbocycles. The van der Waals surface area contributed by atoms with Crippen LogP contribution in [0.5, 0.6) is 0 Å². The molecule has 0 aromatic heterocycles. The highest BCUT2D eigenvalue weighted by Crippen LogP contribution is 2.27. The molecule has 0 unspecified atom stereocenters. The van der Waals surface area contributed by atoms with Crippen LogP contribution in [0.25, 0.3) is 0 Å². The molecule has 0 spiro atoms. The van der Waals surface area contributed by atoms with Crippen molar-refractivity contribution in [1.82, 2.24) is 0 Å². The number of sulfonamides is 1. The summed E-state index contributed by atoms with van der Waals surface area (Å²) in [6.07, 6.45) is 0.257. The highest BCUT2D eigenvalue weighted by Gasteiger charge is 2.24. The molecule has 1 atom stereocenters. The largest absolute Gasteiger partial charge is 0.391 e. The van der Waals surface area contributed by atoms with Crippen LogP contribution in [-0.2, 0) is 10.0 Å². The Morgan fingerprint density at radius 2 is 2.06 bits per heavy atom. The lowest BCUT2D eigenvalue weighted by Crippen LogP contribution is -2.24. The minimum atomic E-state index is -3.71. The Hall–Kier alpha value is -1.11. The SMILES string of the molecule is NS(=O)(=O)c1ccccc1N1CC[C@H](O)C1. The monoisotopic (exact) mass is 242 g/mol. The fraction of sp³-hybridized carbons (Fsp3) is 0.400. The Bertz CT molecular complexity index is 487. The molecular formula is C10H14N2O3S. The van der Waals surface area contributed by atoms with E-state index in [-0.39, 0.29) is 4.90 Å². The Morgan fingerprint density at radius 3 is 2.62 bits per heavy atom. The highest BCUT2D eigenvalue weighted by atomic mass is 32.2. The Morgan fingerprint density at radius 1 is 1.38 bits per heavy atom. The number of anilines is 1. The molecule has 0 saturated carbocycles. The van der Waals surface area contributed by atoms with Gasteiger partial charge in [0.25, 0.3) is 0 Å². The standard InChI is InChI=1S/C10H14N2O3S/c11-16(14,15)10-4-2-1-3-9(10)12-6-5-8(13)7-12/h1-4,8,13H,5-7H2,(H2,11,14,15)/t8-/m0/s1. The van der Waals surface area contributed by atoms with Crippen molar-refractivity contribution in [3.63, 3.8) is 0 Å². The van der Waals surface area contributed by atoms with Gasteiger partial charge in [0.2, 0.25) is 10.0 Å². The lowest BCUT2D eigenvalue weighted by molar-refractivity contribution is 0.198. The number of primary sulfonamides is 1. The average molecular weight is 242 g/mol. The van der Waals surface area contributed by atoms with Crippen molar-refractivity contribution in [1.29, 1.82) is 0 Å². The number of aliphatic hydroxyl groups excluding tert-OH is 1. The van der Waals surface area contributed by atoms with Gasteiger partial charge >= 0.3 is 0 Å². The molecule has 1 aliphatic rings. The number of nitrogens with zero attached hydrogens (tertiary/aromatic N) is 1. The Labute approximate surface area is 94.5 Å². The highest BCUT2D eigenvalue weighted by molar-refractivity contribution is 7.89. The van der Waals surface area contributed by atoms with Gasteiger partial charge in [0.15, 0.2) is 0 Å².